The van der Waals surface area contributed by atoms with Crippen molar-refractivity contribution in [1.29, 1.82) is 0 Å². The van der Waals surface area contributed by atoms with E-state index in [1.54, 1.807) is 6.20 Å². The lowest BCUT2D eigenvalue weighted by atomic mass is 10.1. The first-order valence-electron chi connectivity index (χ1n) is 6.43. The highest BCUT2D eigenvalue weighted by molar-refractivity contribution is 5.93. The van der Waals surface area contributed by atoms with Gasteiger partial charge in [0, 0.05) is 25.2 Å². The van der Waals surface area contributed by atoms with E-state index in [9.17, 15) is 9.59 Å². The number of hydrogen-bond acceptors (Lipinski definition) is 6. The lowest BCUT2D eigenvalue weighted by molar-refractivity contribution is -0.144. The van der Waals surface area contributed by atoms with Gasteiger partial charge >= 0.3 is 5.97 Å². The van der Waals surface area contributed by atoms with Gasteiger partial charge in [-0.1, -0.05) is 19.3 Å². The molecular formula is C13H19N3O3. The van der Waals surface area contributed by atoms with Crippen molar-refractivity contribution in [1.82, 2.24) is 9.97 Å². The Morgan fingerprint density at radius 3 is 2.37 bits per heavy atom. The normalized spacial score (nSPS) is 10.2. The Morgan fingerprint density at radius 2 is 1.74 bits per heavy atom. The van der Waals surface area contributed by atoms with Crippen molar-refractivity contribution >= 4 is 11.8 Å². The van der Waals surface area contributed by atoms with Crippen LogP contribution in [0.1, 0.15) is 55.4 Å². The van der Waals surface area contributed by atoms with Crippen LogP contribution in [-0.4, -0.2) is 21.7 Å². The van der Waals surface area contributed by atoms with E-state index in [0.717, 1.165) is 32.1 Å². The van der Waals surface area contributed by atoms with Gasteiger partial charge in [-0.2, -0.15) is 5.90 Å². The number of nitrogens with two attached hydrogens (primary N) is 1. The Hall–Kier alpha value is -1.82. The predicted octanol–water partition coefficient (Wildman–Crippen LogP) is 1.81. The molecule has 0 saturated carbocycles. The number of nitrogens with zero attached hydrogens (tertiary/aromatic N) is 2. The minimum atomic E-state index is -0.377. The molecule has 0 aliphatic rings. The van der Waals surface area contributed by atoms with Crippen LogP contribution in [0.3, 0.4) is 0 Å². The van der Waals surface area contributed by atoms with Gasteiger partial charge in [0.2, 0.25) is 0 Å². The van der Waals surface area contributed by atoms with Gasteiger partial charge in [-0.05, 0) is 12.8 Å². The summed E-state index contributed by atoms with van der Waals surface area (Å²) in [6, 6.07) is 0. The van der Waals surface area contributed by atoms with Crippen molar-refractivity contribution in [3.05, 3.63) is 24.3 Å². The number of unbranched alkanes of at least 4 members (excludes halogenated alkanes) is 4. The molecule has 6 heteroatoms. The molecule has 0 aliphatic heterocycles. The summed E-state index contributed by atoms with van der Waals surface area (Å²) in [5.74, 6) is 4.38. The minimum Gasteiger partial charge on any atom is -0.373 e. The molecule has 0 aliphatic carbocycles. The molecule has 0 atom stereocenters. The second-order valence-electron chi connectivity index (χ2n) is 4.27. The van der Waals surface area contributed by atoms with E-state index in [4.69, 9.17) is 5.90 Å². The third kappa shape index (κ3) is 6.61. The lowest BCUT2D eigenvalue weighted by Crippen LogP contribution is -2.09. The largest absolute Gasteiger partial charge is 0.373 e. The van der Waals surface area contributed by atoms with Gasteiger partial charge in [0.05, 0.1) is 6.20 Å². The molecule has 0 unspecified atom stereocenters. The fourth-order valence-corrected chi connectivity index (χ4v) is 1.72. The smallest absolute Gasteiger partial charge is 0.324 e. The maximum atomic E-state index is 11.7. The molecule has 1 rings (SSSR count). The monoisotopic (exact) mass is 265 g/mol. The number of carbonyl (C=O) groups is 2. The fraction of sp³-hybridized carbons (Fsp3) is 0.538. The van der Waals surface area contributed by atoms with Crippen LogP contribution in [-0.2, 0) is 9.63 Å². The van der Waals surface area contributed by atoms with Gasteiger partial charge in [-0.15, -0.1) is 0 Å². The van der Waals surface area contributed by atoms with E-state index in [-0.39, 0.29) is 11.8 Å². The van der Waals surface area contributed by atoms with Crippen molar-refractivity contribution in [3.8, 4) is 0 Å². The Balaban J connectivity index is 2.02. The summed E-state index contributed by atoms with van der Waals surface area (Å²) in [7, 11) is 0. The summed E-state index contributed by atoms with van der Waals surface area (Å²) >= 11 is 0. The van der Waals surface area contributed by atoms with Crippen LogP contribution in [0.25, 0.3) is 0 Å². The number of aromatic nitrogens is 2. The van der Waals surface area contributed by atoms with E-state index in [0.29, 0.717) is 18.5 Å². The fourth-order valence-electron chi connectivity index (χ4n) is 1.72. The number of hydrogen-bond donors (Lipinski definition) is 1. The second kappa shape index (κ2) is 9.16. The number of Topliss-reactive ketones (excluding diaryl/α,β-unsaturated/α-hetero) is 1. The van der Waals surface area contributed by atoms with Crippen LogP contribution in [0.2, 0.25) is 0 Å². The van der Waals surface area contributed by atoms with Gasteiger partial charge in [0.15, 0.2) is 5.78 Å². The molecule has 2 N–H and O–H groups in total. The van der Waals surface area contributed by atoms with Crippen LogP contribution < -0.4 is 5.90 Å². The molecule has 0 aromatic carbocycles. The Kier molecular flexibility index (Phi) is 7.34. The van der Waals surface area contributed by atoms with E-state index in [2.05, 4.69) is 14.8 Å². The van der Waals surface area contributed by atoms with Gasteiger partial charge < -0.3 is 4.84 Å². The molecule has 0 bridgehead atoms. The van der Waals surface area contributed by atoms with Gasteiger partial charge in [0.25, 0.3) is 0 Å². The first kappa shape index (κ1) is 15.2. The number of ketones is 1. The van der Waals surface area contributed by atoms with E-state index in [1.807, 2.05) is 0 Å². The summed E-state index contributed by atoms with van der Waals surface area (Å²) in [6.45, 7) is 0. The molecular weight excluding hydrogens is 246 g/mol. The highest BCUT2D eigenvalue weighted by atomic mass is 16.7. The molecule has 0 radical (unpaired) electrons. The predicted molar refractivity (Wildman–Crippen MR) is 69.0 cm³/mol. The summed E-state index contributed by atoms with van der Waals surface area (Å²) in [4.78, 5) is 34.3. The zero-order valence-corrected chi connectivity index (χ0v) is 10.9. The average molecular weight is 265 g/mol. The van der Waals surface area contributed by atoms with Crippen molar-refractivity contribution < 1.29 is 14.4 Å². The highest BCUT2D eigenvalue weighted by Crippen LogP contribution is 2.09. The molecule has 1 aromatic rings. The standard InChI is InChI=1S/C13H19N3O3/c14-19-13(18)7-5-3-1-2-4-6-12(17)11-10-15-8-9-16-11/h8-10H,1-7,14H2. The quantitative estimate of drug-likeness (QED) is 0.415. The molecule has 0 saturated heterocycles. The SMILES string of the molecule is NOC(=O)CCCCCCCC(=O)c1cnccn1. The second-order valence-corrected chi connectivity index (χ2v) is 4.27. The molecule has 0 spiro atoms. The molecule has 1 heterocycles. The van der Waals surface area contributed by atoms with Crippen molar-refractivity contribution in [3.63, 3.8) is 0 Å². The summed E-state index contributed by atoms with van der Waals surface area (Å²) in [5, 5.41) is 0. The van der Waals surface area contributed by atoms with E-state index < -0.39 is 0 Å². The maximum absolute atomic E-state index is 11.7. The van der Waals surface area contributed by atoms with Crippen LogP contribution in [0.5, 0.6) is 0 Å². The summed E-state index contributed by atoms with van der Waals surface area (Å²) in [6.07, 6.45) is 9.89. The summed E-state index contributed by atoms with van der Waals surface area (Å²) in [5.41, 5.74) is 0.424. The number of carbonyl (C=O) groups excluding carboxylic acids is 2. The third-order valence-corrected chi connectivity index (χ3v) is 2.77. The van der Waals surface area contributed by atoms with Crippen LogP contribution in [0.4, 0.5) is 0 Å². The topological polar surface area (TPSA) is 95.2 Å². The summed E-state index contributed by atoms with van der Waals surface area (Å²) < 4.78 is 0. The van der Waals surface area contributed by atoms with Crippen LogP contribution in [0.15, 0.2) is 18.6 Å². The molecule has 0 fully saturated rings. The van der Waals surface area contributed by atoms with Gasteiger partial charge in [0.1, 0.15) is 5.69 Å². The van der Waals surface area contributed by atoms with E-state index in [1.165, 1.54) is 12.4 Å². The maximum Gasteiger partial charge on any atom is 0.324 e. The number of rotatable bonds is 9. The molecule has 19 heavy (non-hydrogen) atoms. The average Bonchev–Trinajstić information content (AvgIpc) is 2.46. The van der Waals surface area contributed by atoms with Crippen molar-refractivity contribution in [2.24, 2.45) is 5.90 Å². The zero-order valence-electron chi connectivity index (χ0n) is 10.9. The first-order valence-corrected chi connectivity index (χ1v) is 6.43. The Bertz CT molecular complexity index is 395. The first-order chi connectivity index (χ1) is 9.24. The molecule has 104 valence electrons. The van der Waals surface area contributed by atoms with Crippen molar-refractivity contribution in [2.75, 3.05) is 0 Å². The highest BCUT2D eigenvalue weighted by Gasteiger charge is 2.06. The van der Waals surface area contributed by atoms with Crippen LogP contribution in [0, 0.1) is 0 Å². The van der Waals surface area contributed by atoms with Crippen LogP contribution >= 0.6 is 0 Å². The van der Waals surface area contributed by atoms with Gasteiger partial charge in [-0.3, -0.25) is 14.6 Å². The Morgan fingerprint density at radius 1 is 1.05 bits per heavy atom. The third-order valence-electron chi connectivity index (χ3n) is 2.77. The molecule has 0 amide bonds. The molecule has 1 aromatic heterocycles. The van der Waals surface area contributed by atoms with Gasteiger partial charge in [-0.25, -0.2) is 4.98 Å². The minimum absolute atomic E-state index is 0.0276. The Labute approximate surface area is 112 Å². The zero-order chi connectivity index (χ0) is 13.9. The van der Waals surface area contributed by atoms with Crippen molar-refractivity contribution in [2.45, 2.75) is 44.9 Å². The van der Waals surface area contributed by atoms with E-state index >= 15 is 0 Å². The lowest BCUT2D eigenvalue weighted by Gasteiger charge is -2.01. The molecule has 6 nitrogen and oxygen atoms in total.